The van der Waals surface area contributed by atoms with E-state index in [4.69, 9.17) is 0 Å². The number of halogens is 1. The number of aryl methyl sites for hydroxylation is 1. The standard InChI is InChI=1S/C16H21BrS/c1-2-3-4-5-6-7-12-15-16(17)13-10-8-9-11-14(13)18-15/h8-11H,2-7,12H2,1H3. The van der Waals surface area contributed by atoms with Gasteiger partial charge in [-0.3, -0.25) is 0 Å². The number of benzene rings is 1. The average Bonchev–Trinajstić information content (AvgIpc) is 2.71. The van der Waals surface area contributed by atoms with Crippen LogP contribution < -0.4 is 0 Å². The summed E-state index contributed by atoms with van der Waals surface area (Å²) in [7, 11) is 0. The Morgan fingerprint density at radius 1 is 1.00 bits per heavy atom. The van der Waals surface area contributed by atoms with Crippen LogP contribution in [0.25, 0.3) is 10.1 Å². The van der Waals surface area contributed by atoms with Gasteiger partial charge in [0.1, 0.15) is 0 Å². The number of hydrogen-bond donors (Lipinski definition) is 0. The van der Waals surface area contributed by atoms with Gasteiger partial charge in [-0.25, -0.2) is 0 Å². The Morgan fingerprint density at radius 3 is 2.50 bits per heavy atom. The molecule has 0 aliphatic carbocycles. The second-order valence-corrected chi connectivity index (χ2v) is 6.78. The van der Waals surface area contributed by atoms with Crippen molar-refractivity contribution in [2.45, 2.75) is 51.9 Å². The van der Waals surface area contributed by atoms with Crippen LogP contribution in [0, 0.1) is 0 Å². The maximum atomic E-state index is 3.76. The van der Waals surface area contributed by atoms with E-state index in [0.29, 0.717) is 0 Å². The molecular weight excluding hydrogens is 304 g/mol. The van der Waals surface area contributed by atoms with Crippen molar-refractivity contribution >= 4 is 37.4 Å². The predicted octanol–water partition coefficient (Wildman–Crippen LogP) is 6.57. The molecule has 2 rings (SSSR count). The fraction of sp³-hybridized carbons (Fsp3) is 0.500. The van der Waals surface area contributed by atoms with Crippen molar-refractivity contribution in [1.82, 2.24) is 0 Å². The Morgan fingerprint density at radius 2 is 1.72 bits per heavy atom. The van der Waals surface area contributed by atoms with Crippen LogP contribution in [0.1, 0.15) is 50.3 Å². The fourth-order valence-electron chi connectivity index (χ4n) is 2.29. The number of rotatable bonds is 7. The summed E-state index contributed by atoms with van der Waals surface area (Å²) in [6.07, 6.45) is 9.47. The van der Waals surface area contributed by atoms with E-state index in [-0.39, 0.29) is 0 Å². The number of unbranched alkanes of at least 4 members (excludes halogenated alkanes) is 5. The van der Waals surface area contributed by atoms with Gasteiger partial charge in [-0.2, -0.15) is 0 Å². The molecule has 0 N–H and O–H groups in total. The second kappa shape index (κ2) is 7.30. The summed E-state index contributed by atoms with van der Waals surface area (Å²) in [5, 5.41) is 1.38. The van der Waals surface area contributed by atoms with Gasteiger partial charge in [0.15, 0.2) is 0 Å². The highest BCUT2D eigenvalue weighted by atomic mass is 79.9. The lowest BCUT2D eigenvalue weighted by molar-refractivity contribution is 0.609. The zero-order chi connectivity index (χ0) is 12.8. The molecule has 0 radical (unpaired) electrons. The lowest BCUT2D eigenvalue weighted by Crippen LogP contribution is -1.83. The van der Waals surface area contributed by atoms with E-state index >= 15 is 0 Å². The molecule has 0 aliphatic rings. The van der Waals surface area contributed by atoms with Gasteiger partial charge in [0.2, 0.25) is 0 Å². The number of fused-ring (bicyclic) bond motifs is 1. The van der Waals surface area contributed by atoms with E-state index in [2.05, 4.69) is 47.1 Å². The summed E-state index contributed by atoms with van der Waals surface area (Å²) in [5.74, 6) is 0. The van der Waals surface area contributed by atoms with E-state index in [9.17, 15) is 0 Å². The SMILES string of the molecule is CCCCCCCCc1sc2ccccc2c1Br. The molecule has 0 atom stereocenters. The lowest BCUT2D eigenvalue weighted by Gasteiger charge is -2.00. The molecule has 0 nitrogen and oxygen atoms in total. The van der Waals surface area contributed by atoms with Crippen LogP contribution in [0.4, 0.5) is 0 Å². The zero-order valence-electron chi connectivity index (χ0n) is 11.0. The summed E-state index contributed by atoms with van der Waals surface area (Å²) in [6, 6.07) is 8.67. The van der Waals surface area contributed by atoms with Crippen molar-refractivity contribution < 1.29 is 0 Å². The molecule has 1 aromatic heterocycles. The summed E-state index contributed by atoms with van der Waals surface area (Å²) in [4.78, 5) is 1.52. The Kier molecular flexibility index (Phi) is 5.71. The zero-order valence-corrected chi connectivity index (χ0v) is 13.4. The first-order valence-corrected chi connectivity index (χ1v) is 8.59. The third kappa shape index (κ3) is 3.58. The van der Waals surface area contributed by atoms with E-state index in [1.54, 1.807) is 0 Å². The molecule has 18 heavy (non-hydrogen) atoms. The van der Waals surface area contributed by atoms with Gasteiger partial charge >= 0.3 is 0 Å². The highest BCUT2D eigenvalue weighted by molar-refractivity contribution is 9.10. The Balaban J connectivity index is 1.86. The van der Waals surface area contributed by atoms with Crippen LogP contribution in [-0.4, -0.2) is 0 Å². The van der Waals surface area contributed by atoms with Crippen LogP contribution in [-0.2, 0) is 6.42 Å². The van der Waals surface area contributed by atoms with Crippen LogP contribution in [0.2, 0.25) is 0 Å². The quantitative estimate of drug-likeness (QED) is 0.505. The van der Waals surface area contributed by atoms with E-state index in [1.807, 2.05) is 11.3 Å². The lowest BCUT2D eigenvalue weighted by atomic mass is 10.1. The molecule has 0 amide bonds. The molecule has 0 saturated heterocycles. The molecule has 2 aromatic rings. The summed E-state index contributed by atoms with van der Waals surface area (Å²) in [6.45, 7) is 2.27. The molecule has 0 bridgehead atoms. The normalized spacial score (nSPS) is 11.2. The third-order valence-electron chi connectivity index (χ3n) is 3.36. The molecule has 98 valence electrons. The molecule has 0 fully saturated rings. The molecule has 2 heteroatoms. The van der Waals surface area contributed by atoms with Crippen molar-refractivity contribution in [2.24, 2.45) is 0 Å². The molecular formula is C16H21BrS. The maximum Gasteiger partial charge on any atom is 0.0393 e. The van der Waals surface area contributed by atoms with Gasteiger partial charge in [-0.05, 0) is 34.8 Å². The largest absolute Gasteiger partial charge is 0.139 e. The van der Waals surface area contributed by atoms with Crippen molar-refractivity contribution in [3.63, 3.8) is 0 Å². The summed E-state index contributed by atoms with van der Waals surface area (Å²) in [5.41, 5.74) is 0. The molecule has 1 aromatic carbocycles. The average molecular weight is 325 g/mol. The van der Waals surface area contributed by atoms with Crippen molar-refractivity contribution in [2.75, 3.05) is 0 Å². The Hall–Kier alpha value is -0.340. The first-order chi connectivity index (χ1) is 8.83. The van der Waals surface area contributed by atoms with Crippen molar-refractivity contribution in [3.05, 3.63) is 33.6 Å². The first-order valence-electron chi connectivity index (χ1n) is 6.99. The van der Waals surface area contributed by atoms with Crippen molar-refractivity contribution in [3.8, 4) is 0 Å². The second-order valence-electron chi connectivity index (χ2n) is 4.85. The predicted molar refractivity (Wildman–Crippen MR) is 86.6 cm³/mol. The topological polar surface area (TPSA) is 0 Å². The van der Waals surface area contributed by atoms with Gasteiger partial charge < -0.3 is 0 Å². The minimum atomic E-state index is 1.23. The van der Waals surface area contributed by atoms with Gasteiger partial charge in [0.25, 0.3) is 0 Å². The van der Waals surface area contributed by atoms with Crippen LogP contribution in [0.3, 0.4) is 0 Å². The summed E-state index contributed by atoms with van der Waals surface area (Å²) < 4.78 is 2.74. The molecule has 0 unspecified atom stereocenters. The molecule has 0 saturated carbocycles. The minimum Gasteiger partial charge on any atom is -0.139 e. The smallest absolute Gasteiger partial charge is 0.0393 e. The Labute approximate surface area is 123 Å². The number of hydrogen-bond acceptors (Lipinski definition) is 1. The van der Waals surface area contributed by atoms with Crippen molar-refractivity contribution in [1.29, 1.82) is 0 Å². The van der Waals surface area contributed by atoms with Crippen LogP contribution in [0.15, 0.2) is 28.7 Å². The highest BCUT2D eigenvalue weighted by Crippen LogP contribution is 2.36. The van der Waals surface area contributed by atoms with Gasteiger partial charge in [-0.15, -0.1) is 11.3 Å². The van der Waals surface area contributed by atoms with E-state index in [0.717, 1.165) is 0 Å². The summed E-state index contributed by atoms with van der Waals surface area (Å²) >= 11 is 5.70. The monoisotopic (exact) mass is 324 g/mol. The van der Waals surface area contributed by atoms with Gasteiger partial charge in [0.05, 0.1) is 0 Å². The molecule has 0 aliphatic heterocycles. The number of thiophene rings is 1. The fourth-order valence-corrected chi connectivity index (χ4v) is 4.35. The van der Waals surface area contributed by atoms with Gasteiger partial charge in [0, 0.05) is 19.4 Å². The Bertz CT molecular complexity index is 487. The van der Waals surface area contributed by atoms with Crippen LogP contribution >= 0.6 is 27.3 Å². The van der Waals surface area contributed by atoms with E-state index < -0.39 is 0 Å². The van der Waals surface area contributed by atoms with Gasteiger partial charge in [-0.1, -0.05) is 57.2 Å². The highest BCUT2D eigenvalue weighted by Gasteiger charge is 2.08. The molecule has 0 spiro atoms. The minimum absolute atomic E-state index is 1.23. The third-order valence-corrected chi connectivity index (χ3v) is 5.76. The maximum absolute atomic E-state index is 3.76. The molecule has 1 heterocycles. The first kappa shape index (κ1) is 14.1. The van der Waals surface area contributed by atoms with E-state index in [1.165, 1.54) is 64.4 Å². The van der Waals surface area contributed by atoms with Crippen LogP contribution in [0.5, 0.6) is 0 Å².